The Labute approximate surface area is 105 Å². The molecule has 2 heteroatoms. The molecule has 0 N–H and O–H groups in total. The summed E-state index contributed by atoms with van der Waals surface area (Å²) in [6, 6.07) is 3.07. The van der Waals surface area contributed by atoms with Crippen LogP contribution < -0.4 is 0 Å². The van der Waals surface area contributed by atoms with Crippen molar-refractivity contribution in [1.29, 1.82) is 5.26 Å². The van der Waals surface area contributed by atoms with E-state index in [4.69, 9.17) is 0 Å². The lowest BCUT2D eigenvalue weighted by atomic mass is 9.88. The maximum atomic E-state index is 9.17. The standard InChI is InChI=1S/C15H24N2/c1-17(15-4-2-3-13(15)9-16)10-14-8-11-5-6-12(14)7-11/h11-15H,2-8,10H2,1H3. The van der Waals surface area contributed by atoms with Crippen LogP contribution in [0.2, 0.25) is 0 Å². The Hall–Kier alpha value is -0.550. The van der Waals surface area contributed by atoms with Gasteiger partial charge in [-0.1, -0.05) is 12.8 Å². The number of nitriles is 1. The first-order valence-electron chi connectivity index (χ1n) is 7.37. The zero-order valence-corrected chi connectivity index (χ0v) is 10.9. The van der Waals surface area contributed by atoms with E-state index < -0.39 is 0 Å². The molecule has 0 heterocycles. The first-order chi connectivity index (χ1) is 8.28. The highest BCUT2D eigenvalue weighted by Crippen LogP contribution is 2.48. The zero-order valence-electron chi connectivity index (χ0n) is 10.9. The van der Waals surface area contributed by atoms with Gasteiger partial charge in [0.25, 0.3) is 0 Å². The Morgan fingerprint density at radius 1 is 1.18 bits per heavy atom. The molecule has 3 aliphatic carbocycles. The summed E-state index contributed by atoms with van der Waals surface area (Å²) in [5.74, 6) is 3.32. The van der Waals surface area contributed by atoms with Crippen LogP contribution in [0.25, 0.3) is 0 Å². The summed E-state index contributed by atoms with van der Waals surface area (Å²) in [5, 5.41) is 9.17. The van der Waals surface area contributed by atoms with E-state index >= 15 is 0 Å². The molecule has 0 aliphatic heterocycles. The molecule has 3 saturated carbocycles. The third-order valence-corrected chi connectivity index (χ3v) is 5.62. The summed E-state index contributed by atoms with van der Waals surface area (Å²) in [7, 11) is 2.26. The summed E-state index contributed by atoms with van der Waals surface area (Å²) >= 11 is 0. The van der Waals surface area contributed by atoms with E-state index in [0.29, 0.717) is 12.0 Å². The molecule has 5 unspecified atom stereocenters. The third kappa shape index (κ3) is 2.10. The molecule has 5 atom stereocenters. The van der Waals surface area contributed by atoms with E-state index in [2.05, 4.69) is 18.0 Å². The lowest BCUT2D eigenvalue weighted by molar-refractivity contribution is 0.160. The number of hydrogen-bond donors (Lipinski definition) is 0. The van der Waals surface area contributed by atoms with Crippen molar-refractivity contribution in [2.75, 3.05) is 13.6 Å². The van der Waals surface area contributed by atoms with Crippen LogP contribution in [0.15, 0.2) is 0 Å². The molecule has 0 aromatic rings. The Morgan fingerprint density at radius 3 is 2.71 bits per heavy atom. The van der Waals surface area contributed by atoms with Crippen molar-refractivity contribution >= 4 is 0 Å². The summed E-state index contributed by atoms with van der Waals surface area (Å²) < 4.78 is 0. The average Bonchev–Trinajstić information content (AvgIpc) is 3.04. The van der Waals surface area contributed by atoms with Crippen LogP contribution in [-0.2, 0) is 0 Å². The molecule has 94 valence electrons. The molecule has 0 spiro atoms. The Morgan fingerprint density at radius 2 is 2.06 bits per heavy atom. The predicted molar refractivity (Wildman–Crippen MR) is 68.3 cm³/mol. The highest BCUT2D eigenvalue weighted by molar-refractivity contribution is 4.98. The lowest BCUT2D eigenvalue weighted by Gasteiger charge is -2.32. The topological polar surface area (TPSA) is 27.0 Å². The fraction of sp³-hybridized carbons (Fsp3) is 0.933. The van der Waals surface area contributed by atoms with Crippen molar-refractivity contribution in [3.8, 4) is 6.07 Å². The molecule has 3 fully saturated rings. The molecule has 3 aliphatic rings. The molecule has 17 heavy (non-hydrogen) atoms. The van der Waals surface area contributed by atoms with Crippen LogP contribution in [0.4, 0.5) is 0 Å². The van der Waals surface area contributed by atoms with Gasteiger partial charge < -0.3 is 4.90 Å². The van der Waals surface area contributed by atoms with Gasteiger partial charge in [0.15, 0.2) is 0 Å². The van der Waals surface area contributed by atoms with Crippen molar-refractivity contribution in [3.05, 3.63) is 0 Å². The van der Waals surface area contributed by atoms with Gasteiger partial charge >= 0.3 is 0 Å². The van der Waals surface area contributed by atoms with Gasteiger partial charge in [0, 0.05) is 12.6 Å². The van der Waals surface area contributed by atoms with E-state index in [-0.39, 0.29) is 0 Å². The van der Waals surface area contributed by atoms with Gasteiger partial charge in [0.05, 0.1) is 12.0 Å². The normalized spacial score (nSPS) is 44.4. The fourth-order valence-electron chi connectivity index (χ4n) is 4.72. The predicted octanol–water partition coefficient (Wildman–Crippen LogP) is 3.05. The first-order valence-corrected chi connectivity index (χ1v) is 7.37. The van der Waals surface area contributed by atoms with E-state index in [1.807, 2.05) is 0 Å². The molecule has 0 saturated heterocycles. The van der Waals surface area contributed by atoms with Crippen LogP contribution >= 0.6 is 0 Å². The first kappa shape index (κ1) is 11.5. The highest BCUT2D eigenvalue weighted by Gasteiger charge is 2.41. The van der Waals surface area contributed by atoms with Crippen LogP contribution in [0.3, 0.4) is 0 Å². The third-order valence-electron chi connectivity index (χ3n) is 5.62. The number of hydrogen-bond acceptors (Lipinski definition) is 2. The molecular formula is C15H24N2. The molecule has 0 aromatic carbocycles. The smallest absolute Gasteiger partial charge is 0.0672 e. The minimum Gasteiger partial charge on any atom is -0.302 e. The minimum absolute atomic E-state index is 0.304. The average molecular weight is 232 g/mol. The van der Waals surface area contributed by atoms with Crippen LogP contribution in [0, 0.1) is 35.0 Å². The van der Waals surface area contributed by atoms with Gasteiger partial charge in [0.2, 0.25) is 0 Å². The minimum atomic E-state index is 0.304. The second kappa shape index (κ2) is 4.61. The number of rotatable bonds is 3. The Kier molecular flexibility index (Phi) is 3.13. The molecular weight excluding hydrogens is 208 g/mol. The lowest BCUT2D eigenvalue weighted by Crippen LogP contribution is -2.38. The molecule has 0 aromatic heterocycles. The van der Waals surface area contributed by atoms with Crippen molar-refractivity contribution in [1.82, 2.24) is 4.90 Å². The Balaban J connectivity index is 1.56. The zero-order chi connectivity index (χ0) is 11.8. The molecule has 0 radical (unpaired) electrons. The van der Waals surface area contributed by atoms with Crippen molar-refractivity contribution in [2.45, 2.75) is 51.0 Å². The van der Waals surface area contributed by atoms with Crippen molar-refractivity contribution < 1.29 is 0 Å². The highest BCUT2D eigenvalue weighted by atomic mass is 15.1. The van der Waals surface area contributed by atoms with E-state index in [0.717, 1.165) is 24.2 Å². The Bertz CT molecular complexity index is 319. The monoisotopic (exact) mass is 232 g/mol. The van der Waals surface area contributed by atoms with Gasteiger partial charge in [-0.05, 0) is 56.9 Å². The van der Waals surface area contributed by atoms with Gasteiger partial charge in [-0.3, -0.25) is 0 Å². The summed E-state index contributed by atoms with van der Waals surface area (Å²) in [6.45, 7) is 1.25. The number of fused-ring (bicyclic) bond motifs is 2. The van der Waals surface area contributed by atoms with Crippen LogP contribution in [-0.4, -0.2) is 24.5 Å². The largest absolute Gasteiger partial charge is 0.302 e. The summed E-state index contributed by atoms with van der Waals surface area (Å²) in [4.78, 5) is 2.52. The summed E-state index contributed by atoms with van der Waals surface area (Å²) in [5.41, 5.74) is 0. The fourth-order valence-corrected chi connectivity index (χ4v) is 4.72. The summed E-state index contributed by atoms with van der Waals surface area (Å²) in [6.07, 6.45) is 9.58. The maximum Gasteiger partial charge on any atom is 0.0672 e. The second-order valence-electron chi connectivity index (χ2n) is 6.61. The van der Waals surface area contributed by atoms with E-state index in [1.165, 1.54) is 45.1 Å². The van der Waals surface area contributed by atoms with Crippen molar-refractivity contribution in [3.63, 3.8) is 0 Å². The van der Waals surface area contributed by atoms with Gasteiger partial charge in [0.1, 0.15) is 0 Å². The van der Waals surface area contributed by atoms with Crippen LogP contribution in [0.5, 0.6) is 0 Å². The van der Waals surface area contributed by atoms with Crippen LogP contribution in [0.1, 0.15) is 44.9 Å². The molecule has 3 rings (SSSR count). The SMILES string of the molecule is CN(CC1CC2CCC1C2)C1CCCC1C#N. The maximum absolute atomic E-state index is 9.17. The van der Waals surface area contributed by atoms with E-state index in [9.17, 15) is 5.26 Å². The molecule has 2 nitrogen and oxygen atoms in total. The van der Waals surface area contributed by atoms with Gasteiger partial charge in [-0.15, -0.1) is 0 Å². The van der Waals surface area contributed by atoms with Gasteiger partial charge in [-0.2, -0.15) is 5.26 Å². The van der Waals surface area contributed by atoms with E-state index in [1.54, 1.807) is 0 Å². The van der Waals surface area contributed by atoms with Gasteiger partial charge in [-0.25, -0.2) is 0 Å². The molecule has 2 bridgehead atoms. The molecule has 0 amide bonds. The number of nitrogens with zero attached hydrogens (tertiary/aromatic N) is 2. The van der Waals surface area contributed by atoms with Crippen molar-refractivity contribution in [2.24, 2.45) is 23.7 Å². The quantitative estimate of drug-likeness (QED) is 0.748. The second-order valence-corrected chi connectivity index (χ2v) is 6.61.